The van der Waals surface area contributed by atoms with E-state index >= 15 is 0 Å². The zero-order valence-corrected chi connectivity index (χ0v) is 17.7. The molecule has 0 spiro atoms. The average Bonchev–Trinajstić information content (AvgIpc) is 2.58. The van der Waals surface area contributed by atoms with E-state index in [4.69, 9.17) is 27.0 Å². The minimum absolute atomic E-state index is 0.0323. The van der Waals surface area contributed by atoms with E-state index in [0.717, 1.165) is 11.8 Å². The number of nitriles is 1. The SMILES string of the molecule is CCOC(=S)SC(CC#N)CN(C(=O)OC(C)(C)C)c1c(F)c(F)nc(F)c1F. The van der Waals surface area contributed by atoms with Crippen LogP contribution in [0.4, 0.5) is 28.0 Å². The summed E-state index contributed by atoms with van der Waals surface area (Å²) in [7, 11) is 0. The molecule has 1 rings (SSSR count). The van der Waals surface area contributed by atoms with Crippen molar-refractivity contribution < 1.29 is 31.8 Å². The molecule has 0 saturated carbocycles. The highest BCUT2D eigenvalue weighted by Crippen LogP contribution is 2.30. The summed E-state index contributed by atoms with van der Waals surface area (Å²) in [4.78, 5) is 15.4. The number of thiocarbonyl (C=S) groups is 1. The van der Waals surface area contributed by atoms with Crippen LogP contribution in [0, 0.1) is 34.9 Å². The molecule has 1 aromatic heterocycles. The maximum absolute atomic E-state index is 14.3. The summed E-state index contributed by atoms with van der Waals surface area (Å²) in [6.07, 6.45) is -1.48. The molecule has 0 aliphatic carbocycles. The Bertz CT molecular complexity index is 786. The molecule has 0 N–H and O–H groups in total. The van der Waals surface area contributed by atoms with E-state index in [1.807, 2.05) is 6.07 Å². The normalized spacial score (nSPS) is 12.1. The molecule has 1 aromatic rings. The third-order valence-corrected chi connectivity index (χ3v) is 4.45. The van der Waals surface area contributed by atoms with Gasteiger partial charge in [-0.05, 0) is 39.9 Å². The minimum atomic E-state index is -1.93. The number of nitrogens with zero attached hydrogens (tertiary/aromatic N) is 3. The Morgan fingerprint density at radius 1 is 1.28 bits per heavy atom. The molecule has 1 amide bonds. The summed E-state index contributed by atoms with van der Waals surface area (Å²) in [5, 5.41) is 8.20. The number of anilines is 1. The molecule has 0 fully saturated rings. The predicted octanol–water partition coefficient (Wildman–Crippen LogP) is 4.72. The van der Waals surface area contributed by atoms with Crippen molar-refractivity contribution >= 4 is 40.1 Å². The molecule has 0 bridgehead atoms. The van der Waals surface area contributed by atoms with Gasteiger partial charge in [-0.3, -0.25) is 4.90 Å². The van der Waals surface area contributed by atoms with Gasteiger partial charge in [-0.25, -0.2) is 4.79 Å². The lowest BCUT2D eigenvalue weighted by Crippen LogP contribution is -2.42. The lowest BCUT2D eigenvalue weighted by atomic mass is 10.2. The Labute approximate surface area is 175 Å². The summed E-state index contributed by atoms with van der Waals surface area (Å²) in [5.74, 6) is -7.60. The molecule has 29 heavy (non-hydrogen) atoms. The quantitative estimate of drug-likeness (QED) is 0.351. The minimum Gasteiger partial charge on any atom is -0.479 e. The summed E-state index contributed by atoms with van der Waals surface area (Å²) in [5.41, 5.74) is -2.39. The van der Waals surface area contributed by atoms with Crippen LogP contribution in [0.5, 0.6) is 0 Å². The van der Waals surface area contributed by atoms with Gasteiger partial charge in [0.15, 0.2) is 0 Å². The van der Waals surface area contributed by atoms with Crippen molar-refractivity contribution in [2.24, 2.45) is 0 Å². The van der Waals surface area contributed by atoms with Gasteiger partial charge in [0, 0.05) is 18.2 Å². The molecule has 0 aliphatic rings. The van der Waals surface area contributed by atoms with Gasteiger partial charge in [-0.2, -0.15) is 27.8 Å². The van der Waals surface area contributed by atoms with Crippen LogP contribution in [0.3, 0.4) is 0 Å². The van der Waals surface area contributed by atoms with Crippen molar-refractivity contribution in [2.75, 3.05) is 18.1 Å². The van der Waals surface area contributed by atoms with E-state index in [9.17, 15) is 22.4 Å². The second kappa shape index (κ2) is 10.6. The van der Waals surface area contributed by atoms with Gasteiger partial charge in [0.05, 0.1) is 12.7 Å². The molecule has 1 atom stereocenters. The Morgan fingerprint density at radius 3 is 2.28 bits per heavy atom. The first-order chi connectivity index (χ1) is 13.4. The van der Waals surface area contributed by atoms with E-state index in [0.29, 0.717) is 4.90 Å². The van der Waals surface area contributed by atoms with Crippen LogP contribution in [0.1, 0.15) is 34.1 Å². The summed E-state index contributed by atoms with van der Waals surface area (Å²) in [6.45, 7) is 5.86. The van der Waals surface area contributed by atoms with Gasteiger partial charge >= 0.3 is 6.09 Å². The van der Waals surface area contributed by atoms with Crippen LogP contribution in [0.2, 0.25) is 0 Å². The highest BCUT2D eigenvalue weighted by molar-refractivity contribution is 8.23. The van der Waals surface area contributed by atoms with E-state index in [1.54, 1.807) is 6.92 Å². The number of amides is 1. The fourth-order valence-electron chi connectivity index (χ4n) is 2.02. The molecule has 0 aliphatic heterocycles. The van der Waals surface area contributed by atoms with Gasteiger partial charge in [-0.1, -0.05) is 11.8 Å². The van der Waals surface area contributed by atoms with Gasteiger partial charge in [-0.15, -0.1) is 0 Å². The molecule has 1 unspecified atom stereocenters. The molecule has 0 saturated heterocycles. The number of carbonyl (C=O) groups excluding carboxylic acids is 1. The van der Waals surface area contributed by atoms with Gasteiger partial charge < -0.3 is 9.47 Å². The number of aromatic nitrogens is 1. The number of rotatable bonds is 6. The first kappa shape index (κ1) is 24.9. The van der Waals surface area contributed by atoms with Gasteiger partial charge in [0.25, 0.3) is 11.9 Å². The van der Waals surface area contributed by atoms with Crippen molar-refractivity contribution in [3.05, 3.63) is 23.5 Å². The smallest absolute Gasteiger partial charge is 0.415 e. The molecular weight excluding hydrogens is 434 g/mol. The first-order valence-electron chi connectivity index (χ1n) is 8.32. The standard InChI is InChI=1S/C17H19F4N3O3S2/c1-5-26-16(28)29-9(6-7-22)8-24(15(25)27-17(2,3)4)12-10(18)13(20)23-14(21)11(12)19/h9H,5-6,8H2,1-4H3. The highest BCUT2D eigenvalue weighted by Gasteiger charge is 2.34. The third-order valence-electron chi connectivity index (χ3n) is 3.09. The van der Waals surface area contributed by atoms with Crippen molar-refractivity contribution in [3.63, 3.8) is 0 Å². The van der Waals surface area contributed by atoms with Crippen LogP contribution in [-0.2, 0) is 9.47 Å². The largest absolute Gasteiger partial charge is 0.479 e. The lowest BCUT2D eigenvalue weighted by Gasteiger charge is -2.30. The number of thioether (sulfide) groups is 1. The van der Waals surface area contributed by atoms with Crippen molar-refractivity contribution in [1.29, 1.82) is 5.26 Å². The third kappa shape index (κ3) is 7.32. The molecule has 0 radical (unpaired) electrons. The zero-order valence-electron chi connectivity index (χ0n) is 16.1. The maximum Gasteiger partial charge on any atom is 0.415 e. The molecule has 12 heteroatoms. The van der Waals surface area contributed by atoms with Crippen molar-refractivity contribution in [1.82, 2.24) is 4.98 Å². The molecule has 0 aromatic carbocycles. The molecule has 1 heterocycles. The van der Waals surface area contributed by atoms with E-state index in [1.165, 1.54) is 20.8 Å². The predicted molar refractivity (Wildman–Crippen MR) is 103 cm³/mol. The number of ether oxygens (including phenoxy) is 2. The van der Waals surface area contributed by atoms with Gasteiger partial charge in [0.2, 0.25) is 16.0 Å². The molecule has 6 nitrogen and oxygen atoms in total. The van der Waals surface area contributed by atoms with Crippen molar-refractivity contribution in [2.45, 2.75) is 45.0 Å². The highest BCUT2D eigenvalue weighted by atomic mass is 32.2. The summed E-state index contributed by atoms with van der Waals surface area (Å²) in [6, 6.07) is 1.85. The number of hydrogen-bond acceptors (Lipinski definition) is 7. The first-order valence-corrected chi connectivity index (χ1v) is 9.60. The summed E-state index contributed by atoms with van der Waals surface area (Å²) < 4.78 is 66.0. The number of pyridine rings is 1. The van der Waals surface area contributed by atoms with E-state index in [2.05, 4.69) is 4.98 Å². The van der Waals surface area contributed by atoms with Crippen LogP contribution in [0.25, 0.3) is 0 Å². The van der Waals surface area contributed by atoms with E-state index in [-0.39, 0.29) is 17.4 Å². The van der Waals surface area contributed by atoms with Crippen molar-refractivity contribution in [3.8, 4) is 6.07 Å². The van der Waals surface area contributed by atoms with E-state index < -0.39 is 52.7 Å². The van der Waals surface area contributed by atoms with Gasteiger partial charge in [0.1, 0.15) is 11.3 Å². The Kier molecular flexibility index (Phi) is 9.10. The second-order valence-corrected chi connectivity index (χ2v) is 8.45. The fraction of sp³-hybridized carbons (Fsp3) is 0.529. The topological polar surface area (TPSA) is 75.5 Å². The Balaban J connectivity index is 3.41. The fourth-order valence-corrected chi connectivity index (χ4v) is 3.39. The van der Waals surface area contributed by atoms with Crippen LogP contribution in [0.15, 0.2) is 0 Å². The zero-order chi connectivity index (χ0) is 22.4. The Hall–Kier alpha value is -2.13. The average molecular weight is 453 g/mol. The molecular formula is C17H19F4N3O3S2. The number of carbonyl (C=O) groups is 1. The number of halogens is 4. The number of hydrogen-bond donors (Lipinski definition) is 0. The second-order valence-electron chi connectivity index (χ2n) is 6.55. The van der Waals surface area contributed by atoms with Crippen LogP contribution in [-0.4, -0.2) is 39.5 Å². The lowest BCUT2D eigenvalue weighted by molar-refractivity contribution is 0.0577. The summed E-state index contributed by atoms with van der Waals surface area (Å²) >= 11 is 5.84. The maximum atomic E-state index is 14.3. The van der Waals surface area contributed by atoms with Crippen LogP contribution < -0.4 is 4.90 Å². The Morgan fingerprint density at radius 2 is 1.83 bits per heavy atom. The van der Waals surface area contributed by atoms with Crippen LogP contribution >= 0.6 is 24.0 Å². The molecule has 160 valence electrons. The monoisotopic (exact) mass is 453 g/mol.